The predicted molar refractivity (Wildman–Crippen MR) is 130 cm³/mol. The zero-order chi connectivity index (χ0) is 23.9. The molecule has 0 bridgehead atoms. The molecule has 0 spiro atoms. The predicted octanol–water partition coefficient (Wildman–Crippen LogP) is 6.10. The second-order valence-electron chi connectivity index (χ2n) is 9.42. The number of hydrogen-bond acceptors (Lipinski definition) is 4. The van der Waals surface area contributed by atoms with E-state index in [0.717, 1.165) is 12.0 Å². The van der Waals surface area contributed by atoms with E-state index in [2.05, 4.69) is 13.8 Å². The van der Waals surface area contributed by atoms with Gasteiger partial charge < -0.3 is 9.47 Å². The van der Waals surface area contributed by atoms with Crippen LogP contribution in [0.4, 0.5) is 0 Å². The van der Waals surface area contributed by atoms with Crippen molar-refractivity contribution in [2.45, 2.75) is 79.1 Å². The molecule has 0 saturated heterocycles. The molecular formula is C28H38O4. The molecule has 0 aliphatic heterocycles. The van der Waals surface area contributed by atoms with Crippen molar-refractivity contribution in [3.63, 3.8) is 0 Å². The van der Waals surface area contributed by atoms with Crippen LogP contribution < -0.4 is 0 Å². The van der Waals surface area contributed by atoms with Crippen LogP contribution in [0.15, 0.2) is 48.5 Å². The molecule has 4 nitrogen and oxygen atoms in total. The molecule has 2 aromatic rings. The topological polar surface area (TPSA) is 52.6 Å². The van der Waals surface area contributed by atoms with Crippen LogP contribution in [0.3, 0.4) is 0 Å². The monoisotopic (exact) mass is 438 g/mol. The van der Waals surface area contributed by atoms with Gasteiger partial charge >= 0.3 is 0 Å². The molecule has 0 aliphatic carbocycles. The van der Waals surface area contributed by atoms with E-state index in [1.54, 1.807) is 20.8 Å². The first-order valence-corrected chi connectivity index (χ1v) is 11.6. The number of ketones is 2. The Morgan fingerprint density at radius 2 is 1.31 bits per heavy atom. The van der Waals surface area contributed by atoms with Crippen LogP contribution in [0.2, 0.25) is 0 Å². The molecular weight excluding hydrogens is 400 g/mol. The summed E-state index contributed by atoms with van der Waals surface area (Å²) >= 11 is 0. The van der Waals surface area contributed by atoms with Gasteiger partial charge in [0, 0.05) is 17.7 Å². The van der Waals surface area contributed by atoms with E-state index in [1.807, 2.05) is 62.4 Å². The van der Waals surface area contributed by atoms with E-state index in [4.69, 9.17) is 9.47 Å². The van der Waals surface area contributed by atoms with E-state index in [9.17, 15) is 9.59 Å². The average Bonchev–Trinajstić information content (AvgIpc) is 2.73. The van der Waals surface area contributed by atoms with Crippen molar-refractivity contribution in [3.05, 3.63) is 70.8 Å². The molecule has 2 aromatic carbocycles. The van der Waals surface area contributed by atoms with Crippen molar-refractivity contribution in [1.82, 2.24) is 0 Å². The van der Waals surface area contributed by atoms with Crippen molar-refractivity contribution in [2.24, 2.45) is 5.92 Å². The van der Waals surface area contributed by atoms with Crippen molar-refractivity contribution >= 4 is 11.6 Å². The van der Waals surface area contributed by atoms with Crippen LogP contribution in [0.1, 0.15) is 80.3 Å². The molecule has 32 heavy (non-hydrogen) atoms. The molecule has 0 N–H and O–H groups in total. The molecule has 2 unspecified atom stereocenters. The smallest absolute Gasteiger partial charge is 0.194 e. The van der Waals surface area contributed by atoms with Crippen LogP contribution in [0.5, 0.6) is 0 Å². The quantitative estimate of drug-likeness (QED) is 0.376. The van der Waals surface area contributed by atoms with Gasteiger partial charge in [-0.05, 0) is 64.5 Å². The van der Waals surface area contributed by atoms with Gasteiger partial charge in [-0.25, -0.2) is 0 Å². The zero-order valence-corrected chi connectivity index (χ0v) is 20.6. The number of ether oxygens (including phenoxy) is 2. The number of carbonyl (C=O) groups is 2. The van der Waals surface area contributed by atoms with Crippen LogP contribution >= 0.6 is 0 Å². The molecule has 0 heterocycles. The lowest BCUT2D eigenvalue weighted by Gasteiger charge is -2.23. The van der Waals surface area contributed by atoms with E-state index in [1.165, 1.54) is 5.56 Å². The Labute approximate surface area is 193 Å². The maximum Gasteiger partial charge on any atom is 0.194 e. The fourth-order valence-electron chi connectivity index (χ4n) is 3.87. The first kappa shape index (κ1) is 26.0. The fourth-order valence-corrected chi connectivity index (χ4v) is 3.87. The Morgan fingerprint density at radius 1 is 0.812 bits per heavy atom. The van der Waals surface area contributed by atoms with Crippen LogP contribution in [-0.4, -0.2) is 36.0 Å². The zero-order valence-electron chi connectivity index (χ0n) is 20.6. The Balaban J connectivity index is 1.93. The van der Waals surface area contributed by atoms with Gasteiger partial charge in [0.25, 0.3) is 0 Å². The van der Waals surface area contributed by atoms with Gasteiger partial charge in [0.05, 0.1) is 6.10 Å². The molecule has 4 heteroatoms. The molecule has 0 radical (unpaired) electrons. The second kappa shape index (κ2) is 11.5. The lowest BCUT2D eigenvalue weighted by Crippen LogP contribution is -2.35. The maximum absolute atomic E-state index is 12.8. The van der Waals surface area contributed by atoms with Crippen LogP contribution in [0.25, 0.3) is 0 Å². The van der Waals surface area contributed by atoms with Crippen molar-refractivity contribution < 1.29 is 19.1 Å². The summed E-state index contributed by atoms with van der Waals surface area (Å²) in [4.78, 5) is 25.4. The molecule has 0 amide bonds. The van der Waals surface area contributed by atoms with E-state index < -0.39 is 11.7 Å². The number of carbonyl (C=O) groups excluding carboxylic acids is 2. The highest BCUT2D eigenvalue weighted by Crippen LogP contribution is 2.19. The summed E-state index contributed by atoms with van der Waals surface area (Å²) < 4.78 is 11.6. The summed E-state index contributed by atoms with van der Waals surface area (Å²) in [6, 6.07) is 15.4. The van der Waals surface area contributed by atoms with Gasteiger partial charge in [-0.15, -0.1) is 0 Å². The maximum atomic E-state index is 12.8. The first-order chi connectivity index (χ1) is 15.0. The standard InChI is InChI=1S/C28H38O4/c1-8-31-28(6,7)27(30)25-15-11-23(12-16-25)18-20(4)32-21(5)26(29)24-13-9-22(10-14-24)17-19(2)3/h9-16,19-21H,8,17-18H2,1-7H3. The summed E-state index contributed by atoms with van der Waals surface area (Å²) in [7, 11) is 0. The third-order valence-electron chi connectivity index (χ3n) is 5.48. The van der Waals surface area contributed by atoms with E-state index in [0.29, 0.717) is 30.1 Å². The minimum absolute atomic E-state index is 0.00736. The highest BCUT2D eigenvalue weighted by atomic mass is 16.5. The van der Waals surface area contributed by atoms with Crippen molar-refractivity contribution in [2.75, 3.05) is 6.61 Å². The summed E-state index contributed by atoms with van der Waals surface area (Å²) in [5.41, 5.74) is 2.77. The summed E-state index contributed by atoms with van der Waals surface area (Å²) in [5, 5.41) is 0. The average molecular weight is 439 g/mol. The largest absolute Gasteiger partial charge is 0.368 e. The first-order valence-electron chi connectivity index (χ1n) is 11.6. The Bertz CT molecular complexity index is 879. The van der Waals surface area contributed by atoms with Gasteiger partial charge in [0.2, 0.25) is 0 Å². The number of rotatable bonds is 12. The Kier molecular flexibility index (Phi) is 9.35. The molecule has 0 fully saturated rings. The lowest BCUT2D eigenvalue weighted by atomic mass is 9.95. The van der Waals surface area contributed by atoms with Gasteiger partial charge in [-0.2, -0.15) is 0 Å². The van der Waals surface area contributed by atoms with Crippen LogP contribution in [0, 0.1) is 5.92 Å². The Morgan fingerprint density at radius 3 is 1.81 bits per heavy atom. The molecule has 2 atom stereocenters. The van der Waals surface area contributed by atoms with Crippen molar-refractivity contribution in [3.8, 4) is 0 Å². The molecule has 0 saturated carbocycles. The molecule has 0 aliphatic rings. The number of benzene rings is 2. The lowest BCUT2D eigenvalue weighted by molar-refractivity contribution is 0.00125. The van der Waals surface area contributed by atoms with Gasteiger partial charge in [0.15, 0.2) is 11.6 Å². The summed E-state index contributed by atoms with van der Waals surface area (Å²) in [6.07, 6.45) is 1.02. The summed E-state index contributed by atoms with van der Waals surface area (Å²) in [5.74, 6) is 0.545. The third kappa shape index (κ3) is 7.39. The number of hydrogen-bond donors (Lipinski definition) is 0. The van der Waals surface area contributed by atoms with E-state index >= 15 is 0 Å². The third-order valence-corrected chi connectivity index (χ3v) is 5.48. The van der Waals surface area contributed by atoms with Crippen LogP contribution in [-0.2, 0) is 22.3 Å². The second-order valence-corrected chi connectivity index (χ2v) is 9.42. The molecule has 2 rings (SSSR count). The Hall–Kier alpha value is -2.30. The highest BCUT2D eigenvalue weighted by Gasteiger charge is 2.29. The SMILES string of the molecule is CCOC(C)(C)C(=O)c1ccc(CC(C)OC(C)C(=O)c2ccc(CC(C)C)cc2)cc1. The van der Waals surface area contributed by atoms with Gasteiger partial charge in [-0.3, -0.25) is 9.59 Å². The van der Waals surface area contributed by atoms with Gasteiger partial charge in [0.1, 0.15) is 11.7 Å². The normalized spacial score (nSPS) is 13.8. The minimum Gasteiger partial charge on any atom is -0.368 e. The minimum atomic E-state index is -0.838. The van der Waals surface area contributed by atoms with Crippen molar-refractivity contribution in [1.29, 1.82) is 0 Å². The van der Waals surface area contributed by atoms with E-state index in [-0.39, 0.29) is 17.7 Å². The molecule has 174 valence electrons. The fraction of sp³-hybridized carbons (Fsp3) is 0.500. The van der Waals surface area contributed by atoms with Gasteiger partial charge in [-0.1, -0.05) is 62.4 Å². The summed E-state index contributed by atoms with van der Waals surface area (Å²) in [6.45, 7) is 14.1. The number of Topliss-reactive ketones (excluding diaryl/α,β-unsaturated/α-hetero) is 2. The molecule has 0 aromatic heterocycles. The highest BCUT2D eigenvalue weighted by molar-refractivity contribution is 6.02.